The average Bonchev–Trinajstić information content (AvgIpc) is 2.65. The van der Waals surface area contributed by atoms with Gasteiger partial charge in [0, 0.05) is 25.7 Å². The third-order valence-corrected chi connectivity index (χ3v) is 4.81. The SMILES string of the molecule is CCNC(=NCCOc1ccccc1C(C)(C)C)NC1CCN(C(N)=O)CC1. The summed E-state index contributed by atoms with van der Waals surface area (Å²) >= 11 is 0. The molecule has 0 unspecified atom stereocenters. The fraction of sp³-hybridized carbons (Fsp3) is 0.619. The third kappa shape index (κ3) is 6.62. The highest BCUT2D eigenvalue weighted by Crippen LogP contribution is 2.30. The lowest BCUT2D eigenvalue weighted by Gasteiger charge is -2.32. The molecular formula is C21H35N5O2. The van der Waals surface area contributed by atoms with Crippen molar-refractivity contribution in [3.63, 3.8) is 0 Å². The highest BCUT2D eigenvalue weighted by Gasteiger charge is 2.22. The van der Waals surface area contributed by atoms with Crippen molar-refractivity contribution >= 4 is 12.0 Å². The molecule has 1 aromatic rings. The molecule has 0 spiro atoms. The van der Waals surface area contributed by atoms with E-state index in [2.05, 4.69) is 42.5 Å². The molecule has 7 heteroatoms. The Morgan fingerprint density at radius 2 is 1.96 bits per heavy atom. The molecule has 0 saturated carbocycles. The largest absolute Gasteiger partial charge is 0.491 e. The van der Waals surface area contributed by atoms with Gasteiger partial charge in [0.25, 0.3) is 0 Å². The number of para-hydroxylation sites is 1. The van der Waals surface area contributed by atoms with Crippen molar-refractivity contribution in [3.8, 4) is 5.75 Å². The quantitative estimate of drug-likeness (QED) is 0.396. The second-order valence-electron chi connectivity index (χ2n) is 8.10. The van der Waals surface area contributed by atoms with Gasteiger partial charge in [-0.3, -0.25) is 0 Å². The fourth-order valence-corrected chi connectivity index (χ4v) is 3.28. The molecular weight excluding hydrogens is 354 g/mol. The predicted octanol–water partition coefficient (Wildman–Crippen LogP) is 2.46. The molecule has 1 aromatic carbocycles. The van der Waals surface area contributed by atoms with Gasteiger partial charge in [-0.15, -0.1) is 0 Å². The van der Waals surface area contributed by atoms with Crippen LogP contribution in [0.3, 0.4) is 0 Å². The van der Waals surface area contributed by atoms with Crippen LogP contribution in [-0.2, 0) is 5.41 Å². The Morgan fingerprint density at radius 3 is 2.57 bits per heavy atom. The normalized spacial score (nSPS) is 16.0. The number of likely N-dealkylation sites (tertiary alicyclic amines) is 1. The van der Waals surface area contributed by atoms with Crippen LogP contribution in [0.4, 0.5) is 4.79 Å². The van der Waals surface area contributed by atoms with E-state index in [0.717, 1.165) is 31.1 Å². The van der Waals surface area contributed by atoms with Crippen LogP contribution in [0.2, 0.25) is 0 Å². The van der Waals surface area contributed by atoms with Gasteiger partial charge in [0.2, 0.25) is 0 Å². The number of nitrogens with zero attached hydrogens (tertiary/aromatic N) is 2. The monoisotopic (exact) mass is 389 g/mol. The summed E-state index contributed by atoms with van der Waals surface area (Å²) in [5.41, 5.74) is 6.58. The molecule has 1 aliphatic rings. The van der Waals surface area contributed by atoms with Crippen LogP contribution in [0.15, 0.2) is 29.3 Å². The summed E-state index contributed by atoms with van der Waals surface area (Å²) in [4.78, 5) is 17.6. The van der Waals surface area contributed by atoms with Gasteiger partial charge in [0.1, 0.15) is 12.4 Å². The van der Waals surface area contributed by atoms with Crippen molar-refractivity contribution in [2.75, 3.05) is 32.8 Å². The van der Waals surface area contributed by atoms with E-state index in [9.17, 15) is 4.79 Å². The zero-order valence-corrected chi connectivity index (χ0v) is 17.6. The summed E-state index contributed by atoms with van der Waals surface area (Å²) in [6.45, 7) is 11.8. The number of hydrogen-bond acceptors (Lipinski definition) is 3. The summed E-state index contributed by atoms with van der Waals surface area (Å²) < 4.78 is 6.00. The summed E-state index contributed by atoms with van der Waals surface area (Å²) in [6, 6.07) is 8.12. The molecule has 0 bridgehead atoms. The number of aliphatic imine (C=N–C) groups is 1. The van der Waals surface area contributed by atoms with E-state index in [0.29, 0.717) is 26.2 Å². The Hall–Kier alpha value is -2.44. The second-order valence-corrected chi connectivity index (χ2v) is 8.10. The number of hydrogen-bond donors (Lipinski definition) is 3. The number of urea groups is 1. The molecule has 1 heterocycles. The standard InChI is InChI=1S/C21H35N5O2/c1-5-23-20(25-16-10-13-26(14-11-16)19(22)27)24-12-15-28-18-9-7-6-8-17(18)21(2,3)4/h6-9,16H,5,10-15H2,1-4H3,(H2,22,27)(H2,23,24,25). The molecule has 2 amide bonds. The lowest BCUT2D eigenvalue weighted by Crippen LogP contribution is -2.50. The van der Waals surface area contributed by atoms with Crippen molar-refractivity contribution in [3.05, 3.63) is 29.8 Å². The Morgan fingerprint density at radius 1 is 1.29 bits per heavy atom. The molecule has 0 aromatic heterocycles. The summed E-state index contributed by atoms with van der Waals surface area (Å²) in [5, 5.41) is 6.73. The molecule has 1 aliphatic heterocycles. The molecule has 0 radical (unpaired) electrons. The number of benzene rings is 1. The van der Waals surface area contributed by atoms with Gasteiger partial charge in [-0.05, 0) is 36.8 Å². The summed E-state index contributed by atoms with van der Waals surface area (Å²) in [6.07, 6.45) is 1.73. The number of carbonyl (C=O) groups excluding carboxylic acids is 1. The third-order valence-electron chi connectivity index (χ3n) is 4.81. The van der Waals surface area contributed by atoms with Gasteiger partial charge in [0.05, 0.1) is 6.54 Å². The van der Waals surface area contributed by atoms with Crippen LogP contribution in [0.1, 0.15) is 46.1 Å². The minimum Gasteiger partial charge on any atom is -0.491 e. The number of carbonyl (C=O) groups is 1. The van der Waals surface area contributed by atoms with Gasteiger partial charge < -0.3 is 26.0 Å². The van der Waals surface area contributed by atoms with Crippen LogP contribution in [-0.4, -0.2) is 55.7 Å². The molecule has 1 saturated heterocycles. The Bertz CT molecular complexity index is 661. The molecule has 1 fully saturated rings. The average molecular weight is 390 g/mol. The molecule has 28 heavy (non-hydrogen) atoms. The van der Waals surface area contributed by atoms with Gasteiger partial charge in [-0.25, -0.2) is 9.79 Å². The zero-order chi connectivity index (χ0) is 20.6. The van der Waals surface area contributed by atoms with Crippen molar-refractivity contribution in [1.82, 2.24) is 15.5 Å². The number of rotatable bonds is 6. The van der Waals surface area contributed by atoms with Crippen LogP contribution >= 0.6 is 0 Å². The predicted molar refractivity (Wildman–Crippen MR) is 114 cm³/mol. The highest BCUT2D eigenvalue weighted by atomic mass is 16.5. The van der Waals surface area contributed by atoms with E-state index in [4.69, 9.17) is 10.5 Å². The summed E-state index contributed by atoms with van der Waals surface area (Å²) in [5.74, 6) is 1.70. The van der Waals surface area contributed by atoms with Crippen molar-refractivity contribution in [1.29, 1.82) is 0 Å². The molecule has 4 N–H and O–H groups in total. The topological polar surface area (TPSA) is 92.0 Å². The van der Waals surface area contributed by atoms with E-state index in [1.165, 1.54) is 5.56 Å². The number of guanidine groups is 1. The number of nitrogens with one attached hydrogen (secondary N) is 2. The van der Waals surface area contributed by atoms with Crippen LogP contribution in [0.25, 0.3) is 0 Å². The van der Waals surface area contributed by atoms with E-state index in [1.807, 2.05) is 25.1 Å². The number of primary amides is 1. The van der Waals surface area contributed by atoms with Crippen molar-refractivity contribution in [2.24, 2.45) is 10.7 Å². The van der Waals surface area contributed by atoms with E-state index in [1.54, 1.807) is 4.90 Å². The van der Waals surface area contributed by atoms with Crippen LogP contribution in [0, 0.1) is 0 Å². The lowest BCUT2D eigenvalue weighted by atomic mass is 9.86. The van der Waals surface area contributed by atoms with Gasteiger partial charge in [0.15, 0.2) is 5.96 Å². The van der Waals surface area contributed by atoms with Gasteiger partial charge in [-0.1, -0.05) is 39.0 Å². The maximum absolute atomic E-state index is 11.2. The van der Waals surface area contributed by atoms with Gasteiger partial charge >= 0.3 is 6.03 Å². The molecule has 0 atom stereocenters. The molecule has 156 valence electrons. The van der Waals surface area contributed by atoms with Gasteiger partial charge in [-0.2, -0.15) is 0 Å². The fourth-order valence-electron chi connectivity index (χ4n) is 3.28. The van der Waals surface area contributed by atoms with Crippen LogP contribution < -0.4 is 21.1 Å². The summed E-state index contributed by atoms with van der Waals surface area (Å²) in [7, 11) is 0. The minimum atomic E-state index is -0.341. The first-order chi connectivity index (χ1) is 13.3. The lowest BCUT2D eigenvalue weighted by molar-refractivity contribution is 0.188. The first-order valence-electron chi connectivity index (χ1n) is 10.1. The molecule has 0 aliphatic carbocycles. The van der Waals surface area contributed by atoms with E-state index in [-0.39, 0.29) is 17.5 Å². The Kier molecular flexibility index (Phi) is 7.96. The Balaban J connectivity index is 1.86. The first kappa shape index (κ1) is 21.9. The Labute approximate surface area is 168 Å². The number of amides is 2. The number of ether oxygens (including phenoxy) is 1. The number of piperidine rings is 1. The number of nitrogens with two attached hydrogens (primary N) is 1. The molecule has 7 nitrogen and oxygen atoms in total. The van der Waals surface area contributed by atoms with Crippen LogP contribution in [0.5, 0.6) is 5.75 Å². The smallest absolute Gasteiger partial charge is 0.314 e. The minimum absolute atomic E-state index is 0.0378. The highest BCUT2D eigenvalue weighted by molar-refractivity contribution is 5.80. The maximum Gasteiger partial charge on any atom is 0.314 e. The van der Waals surface area contributed by atoms with Crippen molar-refractivity contribution < 1.29 is 9.53 Å². The van der Waals surface area contributed by atoms with E-state index < -0.39 is 0 Å². The molecule has 2 rings (SSSR count). The zero-order valence-electron chi connectivity index (χ0n) is 17.6. The second kappa shape index (κ2) is 10.2. The maximum atomic E-state index is 11.2. The van der Waals surface area contributed by atoms with Crippen molar-refractivity contribution in [2.45, 2.75) is 52.0 Å². The first-order valence-corrected chi connectivity index (χ1v) is 10.1. The van der Waals surface area contributed by atoms with E-state index >= 15 is 0 Å².